The molecule has 0 radical (unpaired) electrons. The quantitative estimate of drug-likeness (QED) is 0.682. The van der Waals surface area contributed by atoms with Crippen LogP contribution < -0.4 is 5.32 Å². The van der Waals surface area contributed by atoms with Crippen molar-refractivity contribution in [3.05, 3.63) is 39.9 Å². The van der Waals surface area contributed by atoms with Crippen molar-refractivity contribution in [1.29, 1.82) is 0 Å². The maximum atomic E-state index is 11.0. The van der Waals surface area contributed by atoms with Gasteiger partial charge in [-0.1, -0.05) is 18.2 Å². The van der Waals surface area contributed by atoms with Crippen LogP contribution in [0.3, 0.4) is 0 Å². The van der Waals surface area contributed by atoms with Crippen molar-refractivity contribution in [1.82, 2.24) is 10.2 Å². The lowest BCUT2D eigenvalue weighted by Crippen LogP contribution is -2.31. The molecule has 1 aliphatic rings. The zero-order valence-electron chi connectivity index (χ0n) is 11.2. The third kappa shape index (κ3) is 3.43. The van der Waals surface area contributed by atoms with Gasteiger partial charge in [0.2, 0.25) is 0 Å². The summed E-state index contributed by atoms with van der Waals surface area (Å²) in [5.74, 6) is 0. The van der Waals surface area contributed by atoms with E-state index < -0.39 is 0 Å². The summed E-state index contributed by atoms with van der Waals surface area (Å²) >= 11 is 0. The molecule has 2 atom stereocenters. The average molecular weight is 286 g/mol. The zero-order valence-corrected chi connectivity index (χ0v) is 12.0. The number of para-hydroxylation sites is 1. The molecule has 1 fully saturated rings. The molecule has 2 rings (SSSR count). The van der Waals surface area contributed by atoms with Crippen LogP contribution in [0.25, 0.3) is 0 Å². The molecule has 0 saturated carbocycles. The number of benzene rings is 1. The lowest BCUT2D eigenvalue weighted by molar-refractivity contribution is -0.385. The Morgan fingerprint density at radius 2 is 2.16 bits per heavy atom. The van der Waals surface area contributed by atoms with Crippen LogP contribution in [0.4, 0.5) is 5.69 Å². The average Bonchev–Trinajstić information content (AvgIpc) is 2.86. The highest BCUT2D eigenvalue weighted by atomic mass is 35.5. The molecule has 6 heteroatoms. The predicted octanol–water partition coefficient (Wildman–Crippen LogP) is 2.37. The van der Waals surface area contributed by atoms with E-state index in [9.17, 15) is 10.1 Å². The zero-order chi connectivity index (χ0) is 13.1. The number of nitro groups is 1. The maximum absolute atomic E-state index is 11.0. The van der Waals surface area contributed by atoms with Crippen LogP contribution in [0.5, 0.6) is 0 Å². The van der Waals surface area contributed by atoms with Gasteiger partial charge in [-0.05, 0) is 20.4 Å². The highest BCUT2D eigenvalue weighted by Gasteiger charge is 2.29. The summed E-state index contributed by atoms with van der Waals surface area (Å²) in [6, 6.07) is 7.60. The highest BCUT2D eigenvalue weighted by Crippen LogP contribution is 2.30. The fraction of sp³-hybridized carbons (Fsp3) is 0.538. The van der Waals surface area contributed by atoms with Gasteiger partial charge < -0.3 is 5.32 Å². The number of nitro benzene ring substituents is 1. The molecular weight excluding hydrogens is 266 g/mol. The van der Waals surface area contributed by atoms with E-state index in [1.54, 1.807) is 12.1 Å². The van der Waals surface area contributed by atoms with Gasteiger partial charge in [-0.3, -0.25) is 15.0 Å². The molecule has 2 unspecified atom stereocenters. The first-order valence-electron chi connectivity index (χ1n) is 6.28. The predicted molar refractivity (Wildman–Crippen MR) is 77.8 cm³/mol. The van der Waals surface area contributed by atoms with Gasteiger partial charge in [0.05, 0.1) is 4.92 Å². The van der Waals surface area contributed by atoms with Crippen molar-refractivity contribution in [2.45, 2.75) is 25.4 Å². The normalized spacial score (nSPS) is 20.8. The van der Waals surface area contributed by atoms with Gasteiger partial charge in [0.15, 0.2) is 0 Å². The number of likely N-dealkylation sites (tertiary alicyclic amines) is 1. The van der Waals surface area contributed by atoms with Crippen LogP contribution in [0.2, 0.25) is 0 Å². The van der Waals surface area contributed by atoms with Gasteiger partial charge in [-0.25, -0.2) is 0 Å². The molecule has 19 heavy (non-hydrogen) atoms. The third-order valence-corrected chi connectivity index (χ3v) is 3.76. The number of rotatable bonds is 4. The van der Waals surface area contributed by atoms with E-state index >= 15 is 0 Å². The summed E-state index contributed by atoms with van der Waals surface area (Å²) in [7, 11) is 1.96. The van der Waals surface area contributed by atoms with Crippen molar-refractivity contribution in [3.8, 4) is 0 Å². The monoisotopic (exact) mass is 285 g/mol. The van der Waals surface area contributed by atoms with E-state index in [0.29, 0.717) is 6.04 Å². The Bertz CT molecular complexity index is 442. The van der Waals surface area contributed by atoms with E-state index in [1.165, 1.54) is 0 Å². The summed E-state index contributed by atoms with van der Waals surface area (Å²) in [5, 5.41) is 14.3. The van der Waals surface area contributed by atoms with Gasteiger partial charge in [0.1, 0.15) is 0 Å². The van der Waals surface area contributed by atoms with Crippen molar-refractivity contribution in [2.75, 3.05) is 20.1 Å². The number of hydrogen-bond donors (Lipinski definition) is 1. The number of likely N-dealkylation sites (N-methyl/N-ethyl adjacent to an activating group) is 1. The number of nitrogens with one attached hydrogen (secondary N) is 1. The molecule has 0 bridgehead atoms. The van der Waals surface area contributed by atoms with Gasteiger partial charge in [0.25, 0.3) is 5.69 Å². The van der Waals surface area contributed by atoms with Crippen LogP contribution in [0.1, 0.15) is 24.9 Å². The minimum atomic E-state index is -0.294. The van der Waals surface area contributed by atoms with E-state index in [1.807, 2.05) is 26.1 Å². The van der Waals surface area contributed by atoms with Gasteiger partial charge in [-0.15, -0.1) is 12.4 Å². The fourth-order valence-corrected chi connectivity index (χ4v) is 2.58. The Kier molecular flexibility index (Phi) is 5.72. The van der Waals surface area contributed by atoms with Gasteiger partial charge in [0, 0.05) is 36.8 Å². The first-order valence-corrected chi connectivity index (χ1v) is 6.28. The first kappa shape index (κ1) is 15.9. The first-order chi connectivity index (χ1) is 8.63. The molecule has 1 N–H and O–H groups in total. The summed E-state index contributed by atoms with van der Waals surface area (Å²) in [5.41, 5.74) is 1.03. The van der Waals surface area contributed by atoms with Crippen molar-refractivity contribution < 1.29 is 4.92 Å². The van der Waals surface area contributed by atoms with Crippen LogP contribution >= 0.6 is 12.4 Å². The van der Waals surface area contributed by atoms with E-state index in [4.69, 9.17) is 0 Å². The van der Waals surface area contributed by atoms with Gasteiger partial charge >= 0.3 is 0 Å². The Hall–Kier alpha value is -1.17. The molecule has 106 valence electrons. The van der Waals surface area contributed by atoms with Crippen molar-refractivity contribution >= 4 is 18.1 Å². The van der Waals surface area contributed by atoms with E-state index in [-0.39, 0.29) is 29.1 Å². The molecule has 0 aliphatic carbocycles. The Labute approximate surface area is 119 Å². The lowest BCUT2D eigenvalue weighted by atomic mass is 10.1. The van der Waals surface area contributed by atoms with E-state index in [0.717, 1.165) is 25.1 Å². The molecule has 5 nitrogen and oxygen atoms in total. The molecular formula is C13H20ClN3O2. The minimum absolute atomic E-state index is 0. The summed E-state index contributed by atoms with van der Waals surface area (Å²) in [6.07, 6.45) is 1.10. The topological polar surface area (TPSA) is 58.4 Å². The van der Waals surface area contributed by atoms with E-state index in [2.05, 4.69) is 10.2 Å². The van der Waals surface area contributed by atoms with Crippen LogP contribution in [-0.2, 0) is 0 Å². The standard InChI is InChI=1S/C13H19N3O2.ClH/c1-10(15-8-7-11(9-15)14-2)12-5-3-4-6-13(12)16(17)18;/h3-6,10-11,14H,7-9H2,1-2H3;1H. The molecule has 0 aromatic heterocycles. The Morgan fingerprint density at radius 3 is 2.74 bits per heavy atom. The largest absolute Gasteiger partial charge is 0.316 e. The Morgan fingerprint density at radius 1 is 1.47 bits per heavy atom. The molecule has 0 spiro atoms. The highest BCUT2D eigenvalue weighted by molar-refractivity contribution is 5.85. The van der Waals surface area contributed by atoms with Crippen molar-refractivity contribution in [2.24, 2.45) is 0 Å². The molecule has 1 aromatic carbocycles. The molecule has 1 heterocycles. The second-order valence-corrected chi connectivity index (χ2v) is 4.76. The molecule has 1 aromatic rings. The fourth-order valence-electron chi connectivity index (χ4n) is 2.58. The van der Waals surface area contributed by atoms with Crippen LogP contribution in [-0.4, -0.2) is 36.0 Å². The lowest BCUT2D eigenvalue weighted by Gasteiger charge is -2.24. The summed E-state index contributed by atoms with van der Waals surface area (Å²) in [6.45, 7) is 3.98. The molecule has 0 amide bonds. The summed E-state index contributed by atoms with van der Waals surface area (Å²) in [4.78, 5) is 13.0. The molecule has 1 saturated heterocycles. The maximum Gasteiger partial charge on any atom is 0.274 e. The SMILES string of the molecule is CNC1CCN(C(C)c2ccccc2[N+](=O)[O-])C1.Cl. The number of halogens is 1. The second-order valence-electron chi connectivity index (χ2n) is 4.76. The summed E-state index contributed by atoms with van der Waals surface area (Å²) < 4.78 is 0. The Balaban J connectivity index is 0.00000180. The smallest absolute Gasteiger partial charge is 0.274 e. The number of nitrogens with zero attached hydrogens (tertiary/aromatic N) is 2. The van der Waals surface area contributed by atoms with Crippen LogP contribution in [0, 0.1) is 10.1 Å². The third-order valence-electron chi connectivity index (χ3n) is 3.76. The number of hydrogen-bond acceptors (Lipinski definition) is 4. The molecule has 1 aliphatic heterocycles. The van der Waals surface area contributed by atoms with Crippen LogP contribution in [0.15, 0.2) is 24.3 Å². The van der Waals surface area contributed by atoms with Crippen molar-refractivity contribution in [3.63, 3.8) is 0 Å². The minimum Gasteiger partial charge on any atom is -0.316 e. The van der Waals surface area contributed by atoms with Gasteiger partial charge in [-0.2, -0.15) is 0 Å². The second kappa shape index (κ2) is 6.84.